The van der Waals surface area contributed by atoms with Gasteiger partial charge in [-0.1, -0.05) is 17.7 Å². The minimum atomic E-state index is -0.428. The summed E-state index contributed by atoms with van der Waals surface area (Å²) in [6.07, 6.45) is 3.57. The maximum Gasteiger partial charge on any atom is 0.141 e. The second-order valence-electron chi connectivity index (χ2n) is 3.82. The SMILES string of the molecule is Fc1ccc(Nc2cccc3nccn23)cc1Cl. The van der Waals surface area contributed by atoms with Crippen molar-refractivity contribution in [3.8, 4) is 0 Å². The lowest BCUT2D eigenvalue weighted by atomic mass is 10.3. The molecule has 0 aliphatic carbocycles. The van der Waals surface area contributed by atoms with Gasteiger partial charge in [0.05, 0.1) is 5.02 Å². The van der Waals surface area contributed by atoms with Crippen molar-refractivity contribution in [2.45, 2.75) is 0 Å². The molecule has 0 fully saturated rings. The van der Waals surface area contributed by atoms with Crippen LogP contribution in [0.2, 0.25) is 5.02 Å². The molecule has 18 heavy (non-hydrogen) atoms. The molecule has 0 saturated carbocycles. The molecular formula is C13H9ClFN3. The number of imidazole rings is 1. The molecule has 5 heteroatoms. The van der Waals surface area contributed by atoms with E-state index in [2.05, 4.69) is 10.3 Å². The van der Waals surface area contributed by atoms with Crippen molar-refractivity contribution in [3.63, 3.8) is 0 Å². The molecule has 0 spiro atoms. The minimum Gasteiger partial charge on any atom is -0.341 e. The first-order valence-corrected chi connectivity index (χ1v) is 5.76. The Labute approximate surface area is 108 Å². The Balaban J connectivity index is 2.01. The van der Waals surface area contributed by atoms with Crippen LogP contribution in [0.1, 0.15) is 0 Å². The number of benzene rings is 1. The summed E-state index contributed by atoms with van der Waals surface area (Å²) >= 11 is 5.74. The number of fused-ring (bicyclic) bond motifs is 1. The third-order valence-corrected chi connectivity index (χ3v) is 2.91. The number of rotatable bonds is 2. The molecule has 0 radical (unpaired) electrons. The largest absolute Gasteiger partial charge is 0.341 e. The zero-order valence-electron chi connectivity index (χ0n) is 9.27. The Hall–Kier alpha value is -2.07. The summed E-state index contributed by atoms with van der Waals surface area (Å²) in [4.78, 5) is 4.19. The van der Waals surface area contributed by atoms with Gasteiger partial charge in [0.1, 0.15) is 17.3 Å². The predicted molar refractivity (Wildman–Crippen MR) is 69.9 cm³/mol. The maximum absolute atomic E-state index is 13.1. The highest BCUT2D eigenvalue weighted by Gasteiger charge is 2.03. The maximum atomic E-state index is 13.1. The van der Waals surface area contributed by atoms with Gasteiger partial charge < -0.3 is 5.32 Å². The average molecular weight is 262 g/mol. The zero-order valence-corrected chi connectivity index (χ0v) is 10.0. The normalized spacial score (nSPS) is 10.8. The third kappa shape index (κ3) is 1.91. The van der Waals surface area contributed by atoms with Crippen LogP contribution in [-0.2, 0) is 0 Å². The summed E-state index contributed by atoms with van der Waals surface area (Å²) < 4.78 is 15.0. The summed E-state index contributed by atoms with van der Waals surface area (Å²) in [5.74, 6) is 0.413. The van der Waals surface area contributed by atoms with Crippen LogP contribution < -0.4 is 5.32 Å². The molecule has 3 aromatic rings. The molecule has 3 rings (SSSR count). The van der Waals surface area contributed by atoms with Crippen molar-refractivity contribution < 1.29 is 4.39 Å². The molecule has 3 nitrogen and oxygen atoms in total. The molecule has 1 N–H and O–H groups in total. The number of halogens is 2. The number of anilines is 2. The van der Waals surface area contributed by atoms with Crippen molar-refractivity contribution in [2.75, 3.05) is 5.32 Å². The molecule has 0 aliphatic rings. The van der Waals surface area contributed by atoms with Gasteiger partial charge in [0.25, 0.3) is 0 Å². The minimum absolute atomic E-state index is 0.0952. The van der Waals surface area contributed by atoms with Gasteiger partial charge >= 0.3 is 0 Å². The van der Waals surface area contributed by atoms with Gasteiger partial charge in [-0.05, 0) is 30.3 Å². The fourth-order valence-corrected chi connectivity index (χ4v) is 1.95. The first-order chi connectivity index (χ1) is 8.74. The van der Waals surface area contributed by atoms with Crippen LogP contribution in [0, 0.1) is 5.82 Å². The smallest absolute Gasteiger partial charge is 0.141 e. The topological polar surface area (TPSA) is 29.3 Å². The van der Waals surface area contributed by atoms with E-state index in [1.54, 1.807) is 18.3 Å². The van der Waals surface area contributed by atoms with Gasteiger partial charge in [0.2, 0.25) is 0 Å². The highest BCUT2D eigenvalue weighted by Crippen LogP contribution is 2.23. The number of pyridine rings is 1. The first kappa shape index (κ1) is 11.0. The molecule has 1 aromatic carbocycles. The van der Waals surface area contributed by atoms with E-state index in [1.807, 2.05) is 28.8 Å². The number of aromatic nitrogens is 2. The van der Waals surface area contributed by atoms with Crippen LogP contribution >= 0.6 is 11.6 Å². The average Bonchev–Trinajstić information content (AvgIpc) is 2.83. The van der Waals surface area contributed by atoms with Crippen LogP contribution in [0.25, 0.3) is 5.65 Å². The summed E-state index contributed by atoms with van der Waals surface area (Å²) in [6, 6.07) is 10.2. The van der Waals surface area contributed by atoms with Crippen LogP contribution in [0.15, 0.2) is 48.8 Å². The van der Waals surface area contributed by atoms with Crippen molar-refractivity contribution in [1.29, 1.82) is 0 Å². The summed E-state index contributed by atoms with van der Waals surface area (Å²) in [7, 11) is 0. The van der Waals surface area contributed by atoms with Crippen molar-refractivity contribution in [1.82, 2.24) is 9.38 Å². The van der Waals surface area contributed by atoms with Gasteiger partial charge in [-0.3, -0.25) is 4.40 Å². The zero-order chi connectivity index (χ0) is 12.5. The summed E-state index contributed by atoms with van der Waals surface area (Å²) in [5.41, 5.74) is 1.57. The molecule has 0 atom stereocenters. The fourth-order valence-electron chi connectivity index (χ4n) is 1.77. The molecule has 2 heterocycles. The Morgan fingerprint density at radius 3 is 2.94 bits per heavy atom. The molecule has 2 aromatic heterocycles. The Morgan fingerprint density at radius 2 is 2.11 bits per heavy atom. The molecule has 0 unspecified atom stereocenters. The Morgan fingerprint density at radius 1 is 1.22 bits per heavy atom. The van der Waals surface area contributed by atoms with E-state index in [9.17, 15) is 4.39 Å². The monoisotopic (exact) mass is 261 g/mol. The number of hydrogen-bond acceptors (Lipinski definition) is 2. The lowest BCUT2D eigenvalue weighted by Crippen LogP contribution is -1.97. The predicted octanol–water partition coefficient (Wildman–Crippen LogP) is 3.87. The van der Waals surface area contributed by atoms with Crippen molar-refractivity contribution >= 4 is 28.8 Å². The third-order valence-electron chi connectivity index (χ3n) is 2.62. The molecule has 0 aliphatic heterocycles. The van der Waals surface area contributed by atoms with E-state index in [-0.39, 0.29) is 5.02 Å². The lowest BCUT2D eigenvalue weighted by molar-refractivity contribution is 0.628. The Bertz CT molecular complexity index is 708. The molecular weight excluding hydrogens is 253 g/mol. The van der Waals surface area contributed by atoms with E-state index in [0.717, 1.165) is 17.2 Å². The van der Waals surface area contributed by atoms with Crippen LogP contribution in [0.3, 0.4) is 0 Å². The molecule has 90 valence electrons. The van der Waals surface area contributed by atoms with E-state index in [0.29, 0.717) is 0 Å². The highest BCUT2D eigenvalue weighted by atomic mass is 35.5. The van der Waals surface area contributed by atoms with Gasteiger partial charge in [-0.25, -0.2) is 9.37 Å². The summed E-state index contributed by atoms with van der Waals surface area (Å²) in [5, 5.41) is 3.27. The van der Waals surface area contributed by atoms with Gasteiger partial charge in [0, 0.05) is 18.1 Å². The number of nitrogens with zero attached hydrogens (tertiary/aromatic N) is 2. The van der Waals surface area contributed by atoms with Gasteiger partial charge in [0.15, 0.2) is 0 Å². The number of nitrogens with one attached hydrogen (secondary N) is 1. The van der Waals surface area contributed by atoms with E-state index in [4.69, 9.17) is 11.6 Å². The number of hydrogen-bond donors (Lipinski definition) is 1. The van der Waals surface area contributed by atoms with Crippen molar-refractivity contribution in [2.24, 2.45) is 0 Å². The van der Waals surface area contributed by atoms with Gasteiger partial charge in [-0.2, -0.15) is 0 Å². The van der Waals surface area contributed by atoms with Crippen LogP contribution in [0.4, 0.5) is 15.9 Å². The second-order valence-corrected chi connectivity index (χ2v) is 4.23. The van der Waals surface area contributed by atoms with E-state index < -0.39 is 5.82 Å². The molecule has 0 bridgehead atoms. The standard InChI is InChI=1S/C13H9ClFN3/c14-10-8-9(4-5-11(10)15)17-13-3-1-2-12-16-6-7-18(12)13/h1-8,17H. The highest BCUT2D eigenvalue weighted by molar-refractivity contribution is 6.31. The summed E-state index contributed by atoms with van der Waals surface area (Å²) in [6.45, 7) is 0. The molecule has 0 amide bonds. The van der Waals surface area contributed by atoms with Crippen LogP contribution in [0.5, 0.6) is 0 Å². The fraction of sp³-hybridized carbons (Fsp3) is 0. The second kappa shape index (κ2) is 4.31. The first-order valence-electron chi connectivity index (χ1n) is 5.38. The van der Waals surface area contributed by atoms with Crippen LogP contribution in [-0.4, -0.2) is 9.38 Å². The van der Waals surface area contributed by atoms with E-state index >= 15 is 0 Å². The molecule has 0 saturated heterocycles. The van der Waals surface area contributed by atoms with E-state index in [1.165, 1.54) is 6.07 Å². The Kier molecular flexibility index (Phi) is 2.64. The lowest BCUT2D eigenvalue weighted by Gasteiger charge is -2.09. The van der Waals surface area contributed by atoms with Crippen molar-refractivity contribution in [3.05, 3.63) is 59.6 Å². The van der Waals surface area contributed by atoms with Gasteiger partial charge in [-0.15, -0.1) is 0 Å². The quantitative estimate of drug-likeness (QED) is 0.759.